The number of ketones is 1. The summed E-state index contributed by atoms with van der Waals surface area (Å²) in [5, 5.41) is -0.0180. The van der Waals surface area contributed by atoms with E-state index in [9.17, 15) is 14.0 Å². The number of Topliss-reactive ketones (excluding diaryl/α,β-unsaturated/α-hetero) is 1. The van der Waals surface area contributed by atoms with E-state index in [1.54, 1.807) is 13.8 Å². The van der Waals surface area contributed by atoms with E-state index in [1.807, 2.05) is 24.3 Å². The summed E-state index contributed by atoms with van der Waals surface area (Å²) in [4.78, 5) is 25.8. The van der Waals surface area contributed by atoms with Gasteiger partial charge in [0, 0.05) is 22.8 Å². The van der Waals surface area contributed by atoms with E-state index >= 15 is 8.78 Å². The standard InChI is InChI=1S/C34H37F3O3S/c1-4-25-20-27(31(38)5-2)21-30(35)32(25)40-34(36,37)28-16-14-26(15-17-28)33(39)41-29-18-12-24(13-19-29)11-10-23-8-6-22(3)7-9-23/h6-9,12-13,18-21,26,28H,4-5,10-11,14-17H2,1-3H3. The summed E-state index contributed by atoms with van der Waals surface area (Å²) in [6.45, 7) is 5.43. The first-order chi connectivity index (χ1) is 19.6. The second-order valence-electron chi connectivity index (χ2n) is 10.8. The normalized spacial score (nSPS) is 17.3. The topological polar surface area (TPSA) is 43.4 Å². The molecule has 1 aliphatic carbocycles. The van der Waals surface area contributed by atoms with Crippen LogP contribution in [-0.4, -0.2) is 17.0 Å². The molecular weight excluding hydrogens is 545 g/mol. The summed E-state index contributed by atoms with van der Waals surface area (Å²) >= 11 is 1.16. The van der Waals surface area contributed by atoms with Crippen molar-refractivity contribution in [3.8, 4) is 5.75 Å². The highest BCUT2D eigenvalue weighted by molar-refractivity contribution is 8.13. The summed E-state index contributed by atoms with van der Waals surface area (Å²) < 4.78 is 50.1. The van der Waals surface area contributed by atoms with E-state index < -0.39 is 23.6 Å². The average molecular weight is 583 g/mol. The molecule has 3 aromatic rings. The Morgan fingerprint density at radius 2 is 1.49 bits per heavy atom. The molecule has 0 aromatic heterocycles. The number of ether oxygens (including phenoxy) is 1. The number of hydrogen-bond donors (Lipinski definition) is 0. The summed E-state index contributed by atoms with van der Waals surface area (Å²) in [5.74, 6) is -3.14. The number of carbonyl (C=O) groups excluding carboxylic acids is 2. The van der Waals surface area contributed by atoms with Crippen molar-refractivity contribution in [2.24, 2.45) is 11.8 Å². The molecule has 0 N–H and O–H groups in total. The van der Waals surface area contributed by atoms with Gasteiger partial charge in [0.2, 0.25) is 0 Å². The zero-order valence-corrected chi connectivity index (χ0v) is 24.7. The fourth-order valence-corrected chi connectivity index (χ4v) is 6.15. The van der Waals surface area contributed by atoms with Gasteiger partial charge in [0.05, 0.1) is 5.92 Å². The second-order valence-corrected chi connectivity index (χ2v) is 11.9. The minimum Gasteiger partial charge on any atom is -0.429 e. The van der Waals surface area contributed by atoms with Crippen molar-refractivity contribution in [3.63, 3.8) is 0 Å². The van der Waals surface area contributed by atoms with Gasteiger partial charge in [-0.15, -0.1) is 0 Å². The lowest BCUT2D eigenvalue weighted by molar-refractivity contribution is -0.224. The van der Waals surface area contributed by atoms with Crippen molar-refractivity contribution in [1.29, 1.82) is 0 Å². The van der Waals surface area contributed by atoms with Crippen LogP contribution in [-0.2, 0) is 24.1 Å². The number of hydrogen-bond acceptors (Lipinski definition) is 4. The molecule has 0 spiro atoms. The summed E-state index contributed by atoms with van der Waals surface area (Å²) in [7, 11) is 0. The molecule has 0 radical (unpaired) electrons. The van der Waals surface area contributed by atoms with Crippen molar-refractivity contribution in [1.82, 2.24) is 0 Å². The van der Waals surface area contributed by atoms with Gasteiger partial charge in [-0.25, -0.2) is 4.39 Å². The molecule has 0 heterocycles. The van der Waals surface area contributed by atoms with Crippen molar-refractivity contribution in [3.05, 3.63) is 94.3 Å². The highest BCUT2D eigenvalue weighted by Crippen LogP contribution is 2.43. The maximum absolute atomic E-state index is 15.2. The Morgan fingerprint density at radius 3 is 2.05 bits per heavy atom. The van der Waals surface area contributed by atoms with Gasteiger partial charge in [-0.3, -0.25) is 9.59 Å². The molecule has 1 aliphatic rings. The molecule has 0 atom stereocenters. The summed E-state index contributed by atoms with van der Waals surface area (Å²) in [5.41, 5.74) is 4.12. The largest absolute Gasteiger partial charge is 0.429 e. The van der Waals surface area contributed by atoms with Crippen LogP contribution in [0.25, 0.3) is 0 Å². The molecule has 3 nitrogen and oxygen atoms in total. The lowest BCUT2D eigenvalue weighted by Crippen LogP contribution is -2.38. The van der Waals surface area contributed by atoms with E-state index in [1.165, 1.54) is 22.8 Å². The number of thioether (sulfide) groups is 1. The molecule has 0 saturated heterocycles. The van der Waals surface area contributed by atoms with Crippen LogP contribution < -0.4 is 4.74 Å². The van der Waals surface area contributed by atoms with Gasteiger partial charge < -0.3 is 4.74 Å². The third-order valence-electron chi connectivity index (χ3n) is 7.88. The van der Waals surface area contributed by atoms with Gasteiger partial charge in [0.1, 0.15) is 0 Å². The van der Waals surface area contributed by atoms with Gasteiger partial charge in [-0.1, -0.05) is 67.6 Å². The zero-order valence-electron chi connectivity index (χ0n) is 23.9. The van der Waals surface area contributed by atoms with Gasteiger partial charge in [0.15, 0.2) is 22.5 Å². The van der Waals surface area contributed by atoms with Crippen molar-refractivity contribution in [2.75, 3.05) is 0 Å². The van der Waals surface area contributed by atoms with E-state index in [4.69, 9.17) is 4.74 Å². The smallest absolute Gasteiger partial charge is 0.400 e. The van der Waals surface area contributed by atoms with Gasteiger partial charge in [-0.05, 0) is 92.8 Å². The van der Waals surface area contributed by atoms with Crippen LogP contribution in [0.15, 0.2) is 65.6 Å². The average Bonchev–Trinajstić information content (AvgIpc) is 2.98. The first-order valence-electron chi connectivity index (χ1n) is 14.4. The predicted molar refractivity (Wildman–Crippen MR) is 157 cm³/mol. The zero-order chi connectivity index (χ0) is 29.6. The molecule has 1 saturated carbocycles. The molecule has 1 fully saturated rings. The maximum atomic E-state index is 15.2. The lowest BCUT2D eigenvalue weighted by atomic mass is 9.82. The van der Waals surface area contributed by atoms with Crippen LogP contribution in [0.1, 0.15) is 78.6 Å². The summed E-state index contributed by atoms with van der Waals surface area (Å²) in [6, 6.07) is 18.9. The van der Waals surface area contributed by atoms with Crippen LogP contribution >= 0.6 is 11.8 Å². The van der Waals surface area contributed by atoms with Crippen LogP contribution in [0.3, 0.4) is 0 Å². The third-order valence-corrected chi connectivity index (χ3v) is 8.93. The molecule has 0 aliphatic heterocycles. The highest BCUT2D eigenvalue weighted by Gasteiger charge is 2.45. The Labute approximate surface area is 244 Å². The lowest BCUT2D eigenvalue weighted by Gasteiger charge is -2.33. The van der Waals surface area contributed by atoms with Gasteiger partial charge >= 0.3 is 6.11 Å². The molecule has 7 heteroatoms. The number of halogens is 3. The van der Waals surface area contributed by atoms with Crippen LogP contribution in [0, 0.1) is 24.6 Å². The fourth-order valence-electron chi connectivity index (χ4n) is 5.24. The number of rotatable bonds is 11. The van der Waals surface area contributed by atoms with E-state index in [2.05, 4.69) is 31.2 Å². The third kappa shape index (κ3) is 8.03. The van der Waals surface area contributed by atoms with Gasteiger partial charge in [0.25, 0.3) is 0 Å². The second kappa shape index (κ2) is 13.7. The molecule has 218 valence electrons. The molecule has 4 rings (SSSR count). The van der Waals surface area contributed by atoms with Crippen LogP contribution in [0.4, 0.5) is 13.2 Å². The fraction of sp³-hybridized carbons (Fsp3) is 0.412. The van der Waals surface area contributed by atoms with Crippen molar-refractivity contribution in [2.45, 2.75) is 83.1 Å². The molecule has 0 bridgehead atoms. The monoisotopic (exact) mass is 582 g/mol. The summed E-state index contributed by atoms with van der Waals surface area (Å²) in [6.07, 6.45) is -0.412. The Kier molecular flexibility index (Phi) is 10.3. The Morgan fingerprint density at radius 1 is 0.902 bits per heavy atom. The molecule has 3 aromatic carbocycles. The van der Waals surface area contributed by atoms with E-state index in [-0.39, 0.29) is 53.6 Å². The predicted octanol–water partition coefficient (Wildman–Crippen LogP) is 9.17. The minimum absolute atomic E-state index is 0.0180. The number of alkyl halides is 2. The Balaban J connectivity index is 1.29. The number of aryl methyl sites for hydroxylation is 4. The first kappa shape index (κ1) is 30.9. The van der Waals surface area contributed by atoms with Crippen LogP contribution in [0.5, 0.6) is 5.75 Å². The van der Waals surface area contributed by atoms with Gasteiger partial charge in [-0.2, -0.15) is 8.78 Å². The van der Waals surface area contributed by atoms with E-state index in [0.717, 1.165) is 35.6 Å². The van der Waals surface area contributed by atoms with E-state index in [0.29, 0.717) is 12.8 Å². The van der Waals surface area contributed by atoms with Crippen molar-refractivity contribution >= 4 is 22.7 Å². The maximum Gasteiger partial charge on any atom is 0.400 e. The Bertz CT molecular complexity index is 1340. The van der Waals surface area contributed by atoms with Crippen molar-refractivity contribution < 1.29 is 27.5 Å². The quantitative estimate of drug-likeness (QED) is 0.167. The molecular formula is C34H37F3O3S. The SMILES string of the molecule is CCC(=O)c1cc(F)c(OC(F)(F)C2CCC(C(=O)Sc3ccc(CCc4ccc(C)cc4)cc3)CC2)c(CC)c1. The number of carbonyl (C=O) groups is 2. The van der Waals surface area contributed by atoms with Crippen LogP contribution in [0.2, 0.25) is 0 Å². The molecule has 0 unspecified atom stereocenters. The first-order valence-corrected chi connectivity index (χ1v) is 15.2. The molecule has 0 amide bonds. The Hall–Kier alpha value is -3.06. The number of benzene rings is 3. The molecule has 41 heavy (non-hydrogen) atoms. The highest BCUT2D eigenvalue weighted by atomic mass is 32.2. The minimum atomic E-state index is -3.59.